The average molecular weight is 306 g/mol. The fourth-order valence-corrected chi connectivity index (χ4v) is 4.50. The number of amides is 2. The molecule has 2 heterocycles. The van der Waals surface area contributed by atoms with Crippen LogP contribution in [-0.2, 0) is 15.0 Å². The lowest BCUT2D eigenvalue weighted by atomic mass is 9.73. The second-order valence-electron chi connectivity index (χ2n) is 6.19. The molecule has 2 fully saturated rings. The molecule has 4 nitrogen and oxygen atoms in total. The summed E-state index contributed by atoms with van der Waals surface area (Å²) >= 11 is 1.79. The maximum Gasteiger partial charge on any atom is 0.242 e. The summed E-state index contributed by atoms with van der Waals surface area (Å²) in [7, 11) is 0. The highest BCUT2D eigenvalue weighted by Crippen LogP contribution is 2.41. The Bertz CT molecular complexity index is 506. The van der Waals surface area contributed by atoms with Crippen molar-refractivity contribution in [2.75, 3.05) is 6.54 Å². The second-order valence-corrected chi connectivity index (χ2v) is 7.14. The van der Waals surface area contributed by atoms with Crippen molar-refractivity contribution in [1.82, 2.24) is 10.6 Å². The molecule has 2 amide bonds. The Morgan fingerprint density at radius 1 is 1.38 bits per heavy atom. The maximum atomic E-state index is 12.2. The van der Waals surface area contributed by atoms with Crippen molar-refractivity contribution in [2.24, 2.45) is 0 Å². The van der Waals surface area contributed by atoms with Crippen LogP contribution in [0.15, 0.2) is 17.5 Å². The monoisotopic (exact) mass is 306 g/mol. The average Bonchev–Trinajstić information content (AvgIpc) is 3.17. The Kier molecular flexibility index (Phi) is 4.29. The molecule has 1 saturated heterocycles. The van der Waals surface area contributed by atoms with Gasteiger partial charge in [0, 0.05) is 23.3 Å². The number of nitrogens with one attached hydrogen (secondary N) is 2. The highest BCUT2D eigenvalue weighted by atomic mass is 32.1. The van der Waals surface area contributed by atoms with Crippen LogP contribution in [0.2, 0.25) is 0 Å². The largest absolute Gasteiger partial charge is 0.353 e. The SMILES string of the molecule is O=C1CC[C@@H](C(=O)NCC2(c3cccs3)CCCCC2)N1. The first-order valence-corrected chi connectivity index (χ1v) is 8.69. The molecule has 0 bridgehead atoms. The summed E-state index contributed by atoms with van der Waals surface area (Å²) in [4.78, 5) is 24.8. The van der Waals surface area contributed by atoms with Gasteiger partial charge in [0.05, 0.1) is 0 Å². The Hall–Kier alpha value is -1.36. The predicted molar refractivity (Wildman–Crippen MR) is 83.3 cm³/mol. The molecule has 1 aromatic heterocycles. The van der Waals surface area contributed by atoms with Crippen molar-refractivity contribution in [3.05, 3.63) is 22.4 Å². The first-order chi connectivity index (χ1) is 10.2. The van der Waals surface area contributed by atoms with E-state index in [4.69, 9.17) is 0 Å². The zero-order chi connectivity index (χ0) is 14.7. The van der Waals surface area contributed by atoms with E-state index in [1.807, 2.05) is 0 Å². The third-order valence-corrected chi connectivity index (χ3v) is 5.88. The van der Waals surface area contributed by atoms with Gasteiger partial charge in [0.1, 0.15) is 6.04 Å². The predicted octanol–water partition coefficient (Wildman–Crippen LogP) is 2.34. The Balaban J connectivity index is 1.65. The minimum atomic E-state index is -0.332. The number of carbonyl (C=O) groups is 2. The molecule has 1 saturated carbocycles. The zero-order valence-electron chi connectivity index (χ0n) is 12.2. The maximum absolute atomic E-state index is 12.2. The van der Waals surface area contributed by atoms with Gasteiger partial charge in [0.25, 0.3) is 0 Å². The Morgan fingerprint density at radius 3 is 2.81 bits per heavy atom. The topological polar surface area (TPSA) is 58.2 Å². The van der Waals surface area contributed by atoms with E-state index >= 15 is 0 Å². The molecular formula is C16H22N2O2S. The molecule has 1 atom stereocenters. The van der Waals surface area contributed by atoms with Crippen LogP contribution in [0.3, 0.4) is 0 Å². The lowest BCUT2D eigenvalue weighted by molar-refractivity contribution is -0.126. The highest BCUT2D eigenvalue weighted by Gasteiger charge is 2.36. The van der Waals surface area contributed by atoms with Gasteiger partial charge < -0.3 is 10.6 Å². The van der Waals surface area contributed by atoms with Gasteiger partial charge in [-0.05, 0) is 30.7 Å². The molecule has 1 aliphatic heterocycles. The van der Waals surface area contributed by atoms with Crippen LogP contribution in [0, 0.1) is 0 Å². The van der Waals surface area contributed by atoms with Gasteiger partial charge in [-0.1, -0.05) is 25.3 Å². The first kappa shape index (κ1) is 14.6. The first-order valence-electron chi connectivity index (χ1n) is 7.81. The molecule has 21 heavy (non-hydrogen) atoms. The van der Waals surface area contributed by atoms with Crippen molar-refractivity contribution < 1.29 is 9.59 Å². The smallest absolute Gasteiger partial charge is 0.242 e. The van der Waals surface area contributed by atoms with Crippen LogP contribution < -0.4 is 10.6 Å². The number of rotatable bonds is 4. The second kappa shape index (κ2) is 6.18. The summed E-state index contributed by atoms with van der Waals surface area (Å²) in [5.41, 5.74) is 0.102. The Labute approximate surface area is 129 Å². The molecule has 2 N–H and O–H groups in total. The molecule has 5 heteroatoms. The van der Waals surface area contributed by atoms with Crippen LogP contribution in [0.1, 0.15) is 49.8 Å². The van der Waals surface area contributed by atoms with Crippen LogP contribution in [0.25, 0.3) is 0 Å². The number of hydrogen-bond acceptors (Lipinski definition) is 3. The third kappa shape index (κ3) is 3.12. The molecule has 114 valence electrons. The summed E-state index contributed by atoms with van der Waals surface area (Å²) in [5, 5.41) is 7.95. The molecule has 2 aliphatic rings. The van der Waals surface area contributed by atoms with E-state index in [0.29, 0.717) is 19.4 Å². The lowest BCUT2D eigenvalue weighted by Gasteiger charge is -2.37. The van der Waals surface area contributed by atoms with Gasteiger partial charge in [0.15, 0.2) is 0 Å². The van der Waals surface area contributed by atoms with Crippen molar-refractivity contribution in [3.63, 3.8) is 0 Å². The lowest BCUT2D eigenvalue weighted by Crippen LogP contribution is -2.47. The van der Waals surface area contributed by atoms with Crippen molar-refractivity contribution in [1.29, 1.82) is 0 Å². The quantitative estimate of drug-likeness (QED) is 0.897. The van der Waals surface area contributed by atoms with Crippen molar-refractivity contribution >= 4 is 23.2 Å². The minimum Gasteiger partial charge on any atom is -0.353 e. The van der Waals surface area contributed by atoms with E-state index in [-0.39, 0.29) is 23.3 Å². The fraction of sp³-hybridized carbons (Fsp3) is 0.625. The van der Waals surface area contributed by atoms with Gasteiger partial charge in [-0.3, -0.25) is 9.59 Å². The molecule has 0 radical (unpaired) electrons. The number of carbonyl (C=O) groups excluding carboxylic acids is 2. The van der Waals surface area contributed by atoms with Crippen LogP contribution >= 0.6 is 11.3 Å². The number of thiophene rings is 1. The highest BCUT2D eigenvalue weighted by molar-refractivity contribution is 7.10. The normalized spacial score (nSPS) is 24.6. The molecule has 0 spiro atoms. The number of hydrogen-bond donors (Lipinski definition) is 2. The van der Waals surface area contributed by atoms with Crippen LogP contribution in [-0.4, -0.2) is 24.4 Å². The van der Waals surface area contributed by atoms with Gasteiger partial charge in [0.2, 0.25) is 11.8 Å². The zero-order valence-corrected chi connectivity index (χ0v) is 13.0. The summed E-state index contributed by atoms with van der Waals surface area (Å²) in [6, 6.07) is 3.95. The third-order valence-electron chi connectivity index (χ3n) is 4.77. The molecule has 1 aliphatic carbocycles. The summed E-state index contributed by atoms with van der Waals surface area (Å²) < 4.78 is 0. The Morgan fingerprint density at radius 2 is 2.19 bits per heavy atom. The summed E-state index contributed by atoms with van der Waals surface area (Å²) in [6.45, 7) is 0.693. The molecule has 3 rings (SSSR count). The van der Waals surface area contributed by atoms with Gasteiger partial charge >= 0.3 is 0 Å². The molecule has 1 aromatic rings. The van der Waals surface area contributed by atoms with Crippen molar-refractivity contribution in [3.8, 4) is 0 Å². The van der Waals surface area contributed by atoms with E-state index in [9.17, 15) is 9.59 Å². The summed E-state index contributed by atoms with van der Waals surface area (Å²) in [5.74, 6) is -0.0388. The van der Waals surface area contributed by atoms with E-state index in [2.05, 4.69) is 28.1 Å². The minimum absolute atomic E-state index is 0.0132. The van der Waals surface area contributed by atoms with Gasteiger partial charge in [-0.2, -0.15) is 0 Å². The van der Waals surface area contributed by atoms with Crippen molar-refractivity contribution in [2.45, 2.75) is 56.4 Å². The standard InChI is InChI=1S/C16H22N2O2S/c19-14-7-6-12(18-14)15(20)17-11-16(8-2-1-3-9-16)13-5-4-10-21-13/h4-5,10,12H,1-3,6-9,11H2,(H,17,20)(H,18,19)/t12-/m0/s1. The fourth-order valence-electron chi connectivity index (χ4n) is 3.51. The van der Waals surface area contributed by atoms with Gasteiger partial charge in [-0.15, -0.1) is 11.3 Å². The van der Waals surface area contributed by atoms with Crippen LogP contribution in [0.5, 0.6) is 0 Å². The van der Waals surface area contributed by atoms with E-state index in [1.54, 1.807) is 11.3 Å². The molecule has 0 unspecified atom stereocenters. The van der Waals surface area contributed by atoms with E-state index in [0.717, 1.165) is 12.8 Å². The van der Waals surface area contributed by atoms with Crippen LogP contribution in [0.4, 0.5) is 0 Å². The van der Waals surface area contributed by atoms with E-state index < -0.39 is 0 Å². The summed E-state index contributed by atoms with van der Waals surface area (Å²) in [6.07, 6.45) is 7.13. The van der Waals surface area contributed by atoms with Gasteiger partial charge in [-0.25, -0.2) is 0 Å². The van der Waals surface area contributed by atoms with E-state index in [1.165, 1.54) is 24.1 Å². The molecule has 0 aromatic carbocycles. The molecular weight excluding hydrogens is 284 g/mol.